The van der Waals surface area contributed by atoms with Gasteiger partial charge in [-0.15, -0.1) is 0 Å². The highest BCUT2D eigenvalue weighted by Crippen LogP contribution is 2.37. The highest BCUT2D eigenvalue weighted by molar-refractivity contribution is 6.99. The number of benzene rings is 3. The van der Waals surface area contributed by atoms with Gasteiger partial charge in [-0.25, -0.2) is 4.79 Å². The van der Waals surface area contributed by atoms with E-state index in [0.29, 0.717) is 13.2 Å². The van der Waals surface area contributed by atoms with Crippen LogP contribution in [0.4, 0.5) is 0 Å². The lowest BCUT2D eigenvalue weighted by atomic mass is 9.87. The van der Waals surface area contributed by atoms with Gasteiger partial charge >= 0.3 is 5.97 Å². The molecule has 3 rings (SSSR count). The Balaban J connectivity index is 1.97. The molecule has 0 saturated carbocycles. The summed E-state index contributed by atoms with van der Waals surface area (Å²) >= 11 is 0. The first-order chi connectivity index (χ1) is 20.7. The Kier molecular flexibility index (Phi) is 13.2. The molecular formula is C38H50O4Si. The Morgan fingerprint density at radius 2 is 1.40 bits per heavy atom. The standard InChI is InChI=1S/C38H50O4Si/c1-8-31(29-42-43(38(4,5)6,34-21-15-11-16-22-34)35-23-17-12-18-24-35)27-33(9-2)37(30(3)25-26-36(39)40-7)41-28-32-19-13-10-14-20-32/h10-27,30,33,37H,8-9,28-29H2,1-7H3/b26-25+,31-27+/t30-,33-,37+/m1/s1. The van der Waals surface area contributed by atoms with E-state index in [9.17, 15) is 4.79 Å². The zero-order valence-corrected chi connectivity index (χ0v) is 28.1. The minimum Gasteiger partial charge on any atom is -0.466 e. The molecule has 0 aromatic heterocycles. The Morgan fingerprint density at radius 3 is 1.86 bits per heavy atom. The maximum Gasteiger partial charge on any atom is 0.330 e. The summed E-state index contributed by atoms with van der Waals surface area (Å²) in [4.78, 5) is 11.9. The van der Waals surface area contributed by atoms with Crippen molar-refractivity contribution in [3.63, 3.8) is 0 Å². The summed E-state index contributed by atoms with van der Waals surface area (Å²) in [6.07, 6.45) is 7.44. The second-order valence-corrected chi connectivity index (χ2v) is 16.5. The van der Waals surface area contributed by atoms with Crippen molar-refractivity contribution < 1.29 is 18.7 Å². The molecule has 0 heterocycles. The smallest absolute Gasteiger partial charge is 0.330 e. The van der Waals surface area contributed by atoms with Gasteiger partial charge in [0, 0.05) is 17.9 Å². The van der Waals surface area contributed by atoms with Gasteiger partial charge in [-0.3, -0.25) is 0 Å². The zero-order valence-electron chi connectivity index (χ0n) is 27.1. The Morgan fingerprint density at radius 1 is 0.860 bits per heavy atom. The second kappa shape index (κ2) is 16.6. The van der Waals surface area contributed by atoms with E-state index in [1.54, 1.807) is 0 Å². The van der Waals surface area contributed by atoms with Crippen LogP contribution in [0, 0.1) is 11.8 Å². The Labute approximate surface area is 260 Å². The summed E-state index contributed by atoms with van der Waals surface area (Å²) in [5, 5.41) is 2.47. The molecule has 0 aliphatic carbocycles. The molecule has 0 aliphatic heterocycles. The van der Waals surface area contributed by atoms with Crippen LogP contribution in [0.5, 0.6) is 0 Å². The molecule has 5 heteroatoms. The molecule has 0 fully saturated rings. The molecule has 0 saturated heterocycles. The molecule has 230 valence electrons. The fourth-order valence-electron chi connectivity index (χ4n) is 5.82. The second-order valence-electron chi connectivity index (χ2n) is 12.2. The third-order valence-electron chi connectivity index (χ3n) is 8.23. The molecule has 0 spiro atoms. The average molecular weight is 599 g/mol. The summed E-state index contributed by atoms with van der Waals surface area (Å²) < 4.78 is 18.7. The van der Waals surface area contributed by atoms with E-state index in [1.807, 2.05) is 24.3 Å². The van der Waals surface area contributed by atoms with Crippen molar-refractivity contribution >= 4 is 24.7 Å². The van der Waals surface area contributed by atoms with Crippen molar-refractivity contribution in [2.75, 3.05) is 13.7 Å². The fourth-order valence-corrected chi connectivity index (χ4v) is 10.4. The van der Waals surface area contributed by atoms with Crippen molar-refractivity contribution in [3.05, 3.63) is 120 Å². The SMILES string of the molecule is CC/C(=C\[C@@H](CC)[C@@H](OCc1ccccc1)[C@H](C)/C=C/C(=O)OC)CO[Si](c1ccccc1)(c1ccccc1)C(C)(C)C. The maximum atomic E-state index is 11.9. The van der Waals surface area contributed by atoms with Crippen LogP contribution in [-0.4, -0.2) is 34.1 Å². The Hall–Kier alpha value is -3.25. The Bertz CT molecular complexity index is 1260. The van der Waals surface area contributed by atoms with Crippen molar-refractivity contribution in [2.45, 2.75) is 72.1 Å². The zero-order chi connectivity index (χ0) is 31.3. The van der Waals surface area contributed by atoms with Crippen LogP contribution in [0.1, 0.15) is 59.9 Å². The minimum atomic E-state index is -2.66. The van der Waals surface area contributed by atoms with Crippen LogP contribution < -0.4 is 10.4 Å². The van der Waals surface area contributed by atoms with Gasteiger partial charge in [-0.2, -0.15) is 0 Å². The van der Waals surface area contributed by atoms with Crippen LogP contribution in [0.15, 0.2) is 115 Å². The molecular weight excluding hydrogens is 549 g/mol. The molecule has 43 heavy (non-hydrogen) atoms. The third kappa shape index (κ3) is 9.12. The van der Waals surface area contributed by atoms with Crippen molar-refractivity contribution in [1.29, 1.82) is 0 Å². The number of carbonyl (C=O) groups is 1. The van der Waals surface area contributed by atoms with Crippen molar-refractivity contribution in [1.82, 2.24) is 0 Å². The lowest BCUT2D eigenvalue weighted by Gasteiger charge is -2.43. The number of esters is 1. The van der Waals surface area contributed by atoms with Gasteiger partial charge in [-0.05, 0) is 39.4 Å². The van der Waals surface area contributed by atoms with E-state index in [4.69, 9.17) is 13.9 Å². The van der Waals surface area contributed by atoms with Crippen molar-refractivity contribution in [2.24, 2.45) is 11.8 Å². The van der Waals surface area contributed by atoms with Crippen LogP contribution in [0.25, 0.3) is 0 Å². The first kappa shape index (κ1) is 34.2. The van der Waals surface area contributed by atoms with E-state index in [1.165, 1.54) is 29.1 Å². The van der Waals surface area contributed by atoms with Crippen LogP contribution in [-0.2, 0) is 25.3 Å². The number of hydrogen-bond donors (Lipinski definition) is 0. The van der Waals surface area contributed by atoms with Crippen LogP contribution in [0.3, 0.4) is 0 Å². The van der Waals surface area contributed by atoms with Crippen LogP contribution >= 0.6 is 0 Å². The number of carbonyl (C=O) groups excluding carboxylic acids is 1. The summed E-state index contributed by atoms with van der Waals surface area (Å²) in [6, 6.07) is 31.8. The summed E-state index contributed by atoms with van der Waals surface area (Å²) in [5.41, 5.74) is 2.39. The number of methoxy groups -OCH3 is 1. The summed E-state index contributed by atoms with van der Waals surface area (Å²) in [6.45, 7) is 14.5. The topological polar surface area (TPSA) is 44.8 Å². The molecule has 0 N–H and O–H groups in total. The van der Waals surface area contributed by atoms with E-state index in [-0.39, 0.29) is 28.9 Å². The molecule has 0 amide bonds. The highest BCUT2D eigenvalue weighted by atomic mass is 28.4. The first-order valence-electron chi connectivity index (χ1n) is 15.5. The average Bonchev–Trinajstić information content (AvgIpc) is 3.03. The van der Waals surface area contributed by atoms with Gasteiger partial charge in [0.25, 0.3) is 8.32 Å². The molecule has 3 atom stereocenters. The van der Waals surface area contributed by atoms with E-state index >= 15 is 0 Å². The van der Waals surface area contributed by atoms with Crippen LogP contribution in [0.2, 0.25) is 5.04 Å². The molecule has 3 aromatic rings. The molecule has 0 aliphatic rings. The van der Waals surface area contributed by atoms with Gasteiger partial charge in [-0.1, -0.05) is 145 Å². The summed E-state index contributed by atoms with van der Waals surface area (Å²) in [7, 11) is -1.26. The quantitative estimate of drug-likeness (QED) is 0.0773. The molecule has 4 nitrogen and oxygen atoms in total. The molecule has 0 bridgehead atoms. The molecule has 0 radical (unpaired) electrons. The monoisotopic (exact) mass is 598 g/mol. The van der Waals surface area contributed by atoms with Gasteiger partial charge < -0.3 is 13.9 Å². The normalized spacial score (nSPS) is 14.8. The minimum absolute atomic E-state index is 0.000264. The van der Waals surface area contributed by atoms with Gasteiger partial charge in [0.15, 0.2) is 0 Å². The predicted molar refractivity (Wildman–Crippen MR) is 181 cm³/mol. The van der Waals surface area contributed by atoms with E-state index < -0.39 is 8.32 Å². The maximum absolute atomic E-state index is 11.9. The van der Waals surface area contributed by atoms with E-state index in [0.717, 1.165) is 18.4 Å². The fraction of sp³-hybridized carbons (Fsp3) is 0.395. The summed E-state index contributed by atoms with van der Waals surface area (Å²) in [5.74, 6) is -0.219. The molecule has 3 aromatic carbocycles. The number of ether oxygens (including phenoxy) is 2. The van der Waals surface area contributed by atoms with Crippen molar-refractivity contribution in [3.8, 4) is 0 Å². The highest BCUT2D eigenvalue weighted by Gasteiger charge is 2.50. The predicted octanol–water partition coefficient (Wildman–Crippen LogP) is 7.88. The number of hydrogen-bond acceptors (Lipinski definition) is 4. The lowest BCUT2D eigenvalue weighted by molar-refractivity contribution is -0.134. The lowest BCUT2D eigenvalue weighted by Crippen LogP contribution is -2.66. The largest absolute Gasteiger partial charge is 0.466 e. The third-order valence-corrected chi connectivity index (χ3v) is 13.2. The number of rotatable bonds is 15. The van der Waals surface area contributed by atoms with Gasteiger partial charge in [0.05, 0.1) is 26.4 Å². The van der Waals surface area contributed by atoms with Gasteiger partial charge in [0.1, 0.15) is 0 Å². The first-order valence-corrected chi connectivity index (χ1v) is 17.4. The molecule has 0 unspecified atom stereocenters. The van der Waals surface area contributed by atoms with Gasteiger partial charge in [0.2, 0.25) is 0 Å². The van der Waals surface area contributed by atoms with E-state index in [2.05, 4.69) is 120 Å².